The second kappa shape index (κ2) is 8.44. The summed E-state index contributed by atoms with van der Waals surface area (Å²) in [7, 11) is 2.12. The summed E-state index contributed by atoms with van der Waals surface area (Å²) in [5.74, 6) is 0. The van der Waals surface area contributed by atoms with Crippen molar-refractivity contribution < 1.29 is 5.11 Å². The highest BCUT2D eigenvalue weighted by Gasteiger charge is 2.00. The van der Waals surface area contributed by atoms with Crippen molar-refractivity contribution in [1.29, 1.82) is 0 Å². The number of nitrogens with zero attached hydrogens (tertiary/aromatic N) is 3. The van der Waals surface area contributed by atoms with Crippen LogP contribution in [0, 0.1) is 0 Å². The van der Waals surface area contributed by atoms with Crippen LogP contribution in [0.15, 0.2) is 42.7 Å². The molecule has 0 radical (unpaired) electrons. The van der Waals surface area contributed by atoms with Gasteiger partial charge in [0.15, 0.2) is 0 Å². The van der Waals surface area contributed by atoms with E-state index >= 15 is 0 Å². The lowest BCUT2D eigenvalue weighted by atomic mass is 10.3. The fraction of sp³-hybridized carbons (Fsp3) is 0.438. The van der Waals surface area contributed by atoms with E-state index in [0.717, 1.165) is 31.6 Å². The van der Waals surface area contributed by atoms with Crippen LogP contribution in [0.2, 0.25) is 0 Å². The number of hydrogen-bond acceptors (Lipinski definition) is 4. The molecule has 1 aromatic carbocycles. The Hall–Kier alpha value is -1.85. The number of aromatic nitrogens is 2. The monoisotopic (exact) mass is 288 g/mol. The fourth-order valence-electron chi connectivity index (χ4n) is 2.21. The average molecular weight is 288 g/mol. The van der Waals surface area contributed by atoms with Crippen molar-refractivity contribution >= 4 is 5.69 Å². The predicted octanol–water partition coefficient (Wildman–Crippen LogP) is 1.49. The van der Waals surface area contributed by atoms with Gasteiger partial charge in [0.05, 0.1) is 19.3 Å². The maximum atomic E-state index is 8.84. The number of hydrogen-bond donors (Lipinski definition) is 2. The van der Waals surface area contributed by atoms with Gasteiger partial charge >= 0.3 is 0 Å². The van der Waals surface area contributed by atoms with E-state index < -0.39 is 0 Å². The van der Waals surface area contributed by atoms with Crippen molar-refractivity contribution in [2.24, 2.45) is 0 Å². The summed E-state index contributed by atoms with van der Waals surface area (Å²) in [4.78, 5) is 2.26. The van der Waals surface area contributed by atoms with E-state index in [2.05, 4.69) is 46.6 Å². The standard InChI is InChI=1S/C16H24N4O/c1-19(16-6-3-2-4-7-16)9-5-8-17-12-15-13-18-20(14-15)10-11-21/h2-4,6-7,13-14,17,21H,5,8-12H2,1H3. The highest BCUT2D eigenvalue weighted by atomic mass is 16.3. The van der Waals surface area contributed by atoms with E-state index in [1.807, 2.05) is 18.5 Å². The Bertz CT molecular complexity index is 512. The highest BCUT2D eigenvalue weighted by Crippen LogP contribution is 2.10. The number of rotatable bonds is 9. The molecule has 0 atom stereocenters. The van der Waals surface area contributed by atoms with E-state index in [1.165, 1.54) is 5.69 Å². The maximum Gasteiger partial charge on any atom is 0.0640 e. The fourth-order valence-corrected chi connectivity index (χ4v) is 2.21. The molecule has 0 bridgehead atoms. The molecule has 0 saturated heterocycles. The van der Waals surface area contributed by atoms with Crippen molar-refractivity contribution in [3.8, 4) is 0 Å². The molecule has 0 spiro atoms. The molecule has 0 aliphatic rings. The summed E-state index contributed by atoms with van der Waals surface area (Å²) in [5, 5.41) is 16.4. The molecule has 0 aliphatic carbocycles. The van der Waals surface area contributed by atoms with Crippen LogP contribution in [0.1, 0.15) is 12.0 Å². The predicted molar refractivity (Wildman–Crippen MR) is 85.3 cm³/mol. The zero-order chi connectivity index (χ0) is 14.9. The van der Waals surface area contributed by atoms with Crippen LogP contribution in [0.4, 0.5) is 5.69 Å². The van der Waals surface area contributed by atoms with Gasteiger partial charge < -0.3 is 15.3 Å². The van der Waals surface area contributed by atoms with Gasteiger partial charge in [0.2, 0.25) is 0 Å². The van der Waals surface area contributed by atoms with E-state index in [9.17, 15) is 0 Å². The lowest BCUT2D eigenvalue weighted by Gasteiger charge is -2.19. The summed E-state index contributed by atoms with van der Waals surface area (Å²) in [6.07, 6.45) is 4.91. The van der Waals surface area contributed by atoms with Crippen molar-refractivity contribution in [3.05, 3.63) is 48.3 Å². The van der Waals surface area contributed by atoms with Crippen LogP contribution in [0.3, 0.4) is 0 Å². The van der Waals surface area contributed by atoms with Gasteiger partial charge in [-0.15, -0.1) is 0 Å². The molecule has 2 aromatic rings. The molecule has 0 saturated carbocycles. The maximum absolute atomic E-state index is 8.84. The average Bonchev–Trinajstić information content (AvgIpc) is 2.95. The van der Waals surface area contributed by atoms with Crippen molar-refractivity contribution in [2.75, 3.05) is 31.6 Å². The molecule has 5 heteroatoms. The zero-order valence-electron chi connectivity index (χ0n) is 12.6. The van der Waals surface area contributed by atoms with Gasteiger partial charge in [-0.25, -0.2) is 0 Å². The summed E-state index contributed by atoms with van der Waals surface area (Å²) < 4.78 is 1.76. The lowest BCUT2D eigenvalue weighted by Crippen LogP contribution is -2.23. The molecule has 114 valence electrons. The number of aliphatic hydroxyl groups excluding tert-OH is 1. The Morgan fingerprint density at radius 2 is 2.10 bits per heavy atom. The molecule has 0 unspecified atom stereocenters. The Morgan fingerprint density at radius 3 is 2.86 bits per heavy atom. The first-order valence-electron chi connectivity index (χ1n) is 7.38. The third-order valence-corrected chi connectivity index (χ3v) is 3.39. The van der Waals surface area contributed by atoms with Gasteiger partial charge in [-0.2, -0.15) is 5.10 Å². The minimum atomic E-state index is 0.125. The highest BCUT2D eigenvalue weighted by molar-refractivity contribution is 5.44. The molecular formula is C16H24N4O. The second-order valence-electron chi connectivity index (χ2n) is 5.12. The van der Waals surface area contributed by atoms with E-state index in [1.54, 1.807) is 4.68 Å². The third-order valence-electron chi connectivity index (χ3n) is 3.39. The number of nitrogens with one attached hydrogen (secondary N) is 1. The summed E-state index contributed by atoms with van der Waals surface area (Å²) in [6.45, 7) is 3.51. The Morgan fingerprint density at radius 1 is 1.29 bits per heavy atom. The van der Waals surface area contributed by atoms with Gasteiger partial charge in [-0.3, -0.25) is 4.68 Å². The SMILES string of the molecule is CN(CCCNCc1cnn(CCO)c1)c1ccccc1. The number of aliphatic hydroxyl groups is 1. The molecule has 2 N–H and O–H groups in total. The molecular weight excluding hydrogens is 264 g/mol. The molecule has 0 aliphatic heterocycles. The molecule has 5 nitrogen and oxygen atoms in total. The minimum absolute atomic E-state index is 0.125. The number of anilines is 1. The summed E-state index contributed by atoms with van der Waals surface area (Å²) in [6, 6.07) is 10.4. The second-order valence-corrected chi connectivity index (χ2v) is 5.12. The van der Waals surface area contributed by atoms with Crippen LogP contribution in [-0.4, -0.2) is 41.6 Å². The summed E-state index contributed by atoms with van der Waals surface area (Å²) in [5.41, 5.74) is 2.41. The first kappa shape index (κ1) is 15.5. The summed E-state index contributed by atoms with van der Waals surface area (Å²) >= 11 is 0. The number of benzene rings is 1. The van der Waals surface area contributed by atoms with Crippen LogP contribution in [0.5, 0.6) is 0 Å². The van der Waals surface area contributed by atoms with E-state index in [-0.39, 0.29) is 6.61 Å². The Kier molecular flexibility index (Phi) is 6.24. The topological polar surface area (TPSA) is 53.3 Å². The quantitative estimate of drug-likeness (QED) is 0.687. The van der Waals surface area contributed by atoms with Crippen molar-refractivity contribution in [2.45, 2.75) is 19.5 Å². The first-order valence-corrected chi connectivity index (χ1v) is 7.38. The molecule has 0 amide bonds. The van der Waals surface area contributed by atoms with Crippen LogP contribution >= 0.6 is 0 Å². The number of para-hydroxylation sites is 1. The molecule has 1 heterocycles. The van der Waals surface area contributed by atoms with Gasteiger partial charge in [0.1, 0.15) is 0 Å². The zero-order valence-corrected chi connectivity index (χ0v) is 12.6. The van der Waals surface area contributed by atoms with Crippen LogP contribution < -0.4 is 10.2 Å². The lowest BCUT2D eigenvalue weighted by molar-refractivity contribution is 0.269. The normalized spacial score (nSPS) is 10.8. The molecule has 21 heavy (non-hydrogen) atoms. The van der Waals surface area contributed by atoms with Gasteiger partial charge in [-0.1, -0.05) is 18.2 Å². The van der Waals surface area contributed by atoms with E-state index in [0.29, 0.717) is 6.54 Å². The van der Waals surface area contributed by atoms with Crippen molar-refractivity contribution in [1.82, 2.24) is 15.1 Å². The Balaban J connectivity index is 1.61. The van der Waals surface area contributed by atoms with Crippen molar-refractivity contribution in [3.63, 3.8) is 0 Å². The smallest absolute Gasteiger partial charge is 0.0640 e. The van der Waals surface area contributed by atoms with Crippen LogP contribution in [-0.2, 0) is 13.1 Å². The first-order chi connectivity index (χ1) is 10.3. The van der Waals surface area contributed by atoms with Gasteiger partial charge in [0, 0.05) is 37.6 Å². The minimum Gasteiger partial charge on any atom is -0.394 e. The molecule has 1 aromatic heterocycles. The Labute approximate surface area is 126 Å². The van der Waals surface area contributed by atoms with Gasteiger partial charge in [-0.05, 0) is 25.1 Å². The third kappa shape index (κ3) is 5.21. The largest absolute Gasteiger partial charge is 0.394 e. The van der Waals surface area contributed by atoms with Gasteiger partial charge in [0.25, 0.3) is 0 Å². The van der Waals surface area contributed by atoms with Crippen LogP contribution in [0.25, 0.3) is 0 Å². The molecule has 2 rings (SSSR count). The van der Waals surface area contributed by atoms with E-state index in [4.69, 9.17) is 5.11 Å². The molecule has 0 fully saturated rings.